The summed E-state index contributed by atoms with van der Waals surface area (Å²) in [7, 11) is 0. The van der Waals surface area contributed by atoms with Crippen molar-refractivity contribution in [1.29, 1.82) is 0 Å². The molecule has 0 heterocycles. The number of ketones is 3. The van der Waals surface area contributed by atoms with Crippen molar-refractivity contribution in [3.8, 4) is 0 Å². The van der Waals surface area contributed by atoms with Crippen molar-refractivity contribution < 1.29 is 43.0 Å². The number of carbonyl (C=O) groups is 6. The second-order valence-electron chi connectivity index (χ2n) is 6.30. The Kier molecular flexibility index (Phi) is 30.5. The first kappa shape index (κ1) is 36.3. The molecule has 0 rings (SSSR count). The van der Waals surface area contributed by atoms with Gasteiger partial charge in [0.05, 0.1) is 19.8 Å². The fraction of sp³-hybridized carbons (Fsp3) is 0.714. The first-order valence-electron chi connectivity index (χ1n) is 9.95. The van der Waals surface area contributed by atoms with E-state index in [0.29, 0.717) is 19.8 Å². The molecule has 9 nitrogen and oxygen atoms in total. The van der Waals surface area contributed by atoms with Crippen molar-refractivity contribution in [3.63, 3.8) is 0 Å². The summed E-state index contributed by atoms with van der Waals surface area (Å²) < 4.78 is 13.9. The summed E-state index contributed by atoms with van der Waals surface area (Å²) in [5.41, 5.74) is 0. The van der Waals surface area contributed by atoms with Gasteiger partial charge in [-0.15, -0.1) is 0 Å². The zero-order chi connectivity index (χ0) is 23.9. The zero-order valence-corrected chi connectivity index (χ0v) is 20.8. The Hall–Kier alpha value is -2.05. The lowest BCUT2D eigenvalue weighted by Crippen LogP contribution is -2.09. The van der Waals surface area contributed by atoms with E-state index in [1.165, 1.54) is 20.8 Å². The van der Waals surface area contributed by atoms with Gasteiger partial charge in [-0.1, -0.05) is 20.8 Å². The van der Waals surface area contributed by atoms with E-state index in [1.54, 1.807) is 0 Å². The Labute approximate surface area is 195 Å². The van der Waals surface area contributed by atoms with Gasteiger partial charge in [-0.25, -0.2) is 0 Å². The van der Waals surface area contributed by atoms with Gasteiger partial charge in [0.15, 0.2) is 0 Å². The van der Waals surface area contributed by atoms with Gasteiger partial charge in [-0.3, -0.25) is 28.8 Å². The molecule has 0 saturated carbocycles. The monoisotopic (exact) mass is 459 g/mol. The van der Waals surface area contributed by atoms with Crippen molar-refractivity contribution in [2.75, 3.05) is 19.8 Å². The van der Waals surface area contributed by atoms with Crippen LogP contribution in [0.5, 0.6) is 0 Å². The van der Waals surface area contributed by atoms with Gasteiger partial charge in [-0.2, -0.15) is 0 Å². The van der Waals surface area contributed by atoms with Crippen LogP contribution >= 0.6 is 0 Å². The highest BCUT2D eigenvalue weighted by atomic mass is 27.0. The highest BCUT2D eigenvalue weighted by Gasteiger charge is 2.05. The largest absolute Gasteiger partial charge is 0.465 e. The van der Waals surface area contributed by atoms with E-state index in [4.69, 9.17) is 0 Å². The first-order chi connectivity index (χ1) is 14.0. The van der Waals surface area contributed by atoms with E-state index in [9.17, 15) is 28.8 Å². The number of ether oxygens (including phenoxy) is 3. The molecular formula is C21H36AlO9. The van der Waals surface area contributed by atoms with Gasteiger partial charge < -0.3 is 14.2 Å². The molecule has 0 aromatic rings. The highest BCUT2D eigenvalue weighted by Crippen LogP contribution is 1.90. The predicted octanol–water partition coefficient (Wildman–Crippen LogP) is 2.38. The van der Waals surface area contributed by atoms with E-state index in [0.717, 1.165) is 19.3 Å². The maximum Gasteiger partial charge on any atom is 0.313 e. The zero-order valence-electron chi connectivity index (χ0n) is 19.6. The summed E-state index contributed by atoms with van der Waals surface area (Å²) in [6.45, 7) is 11.0. The van der Waals surface area contributed by atoms with Gasteiger partial charge in [0.25, 0.3) is 0 Å². The number of Topliss-reactive ketones (excluding diaryl/α,β-unsaturated/α-hetero) is 3. The molecule has 31 heavy (non-hydrogen) atoms. The third-order valence-corrected chi connectivity index (χ3v) is 2.58. The average molecular weight is 459 g/mol. The number of carbonyl (C=O) groups excluding carboxylic acids is 6. The van der Waals surface area contributed by atoms with Crippen molar-refractivity contribution in [3.05, 3.63) is 0 Å². The number of hydrogen-bond acceptors (Lipinski definition) is 9. The predicted molar refractivity (Wildman–Crippen MR) is 115 cm³/mol. The van der Waals surface area contributed by atoms with Crippen molar-refractivity contribution in [2.24, 2.45) is 0 Å². The molecular weight excluding hydrogens is 423 g/mol. The molecule has 0 atom stereocenters. The van der Waals surface area contributed by atoms with E-state index in [1.807, 2.05) is 20.8 Å². The van der Waals surface area contributed by atoms with Crippen LogP contribution in [-0.2, 0) is 43.0 Å². The van der Waals surface area contributed by atoms with E-state index >= 15 is 0 Å². The van der Waals surface area contributed by atoms with Crippen LogP contribution in [0.1, 0.15) is 80.1 Å². The summed E-state index contributed by atoms with van der Waals surface area (Å²) in [4.78, 5) is 62.7. The molecule has 3 radical (unpaired) electrons. The fourth-order valence-electron chi connectivity index (χ4n) is 1.41. The summed E-state index contributed by atoms with van der Waals surface area (Å²) >= 11 is 0. The molecule has 0 unspecified atom stereocenters. The summed E-state index contributed by atoms with van der Waals surface area (Å²) in [6.07, 6.45) is 2.09. The Morgan fingerprint density at radius 2 is 0.677 bits per heavy atom. The molecule has 0 fully saturated rings. The normalized spacial score (nSPS) is 8.71. The van der Waals surface area contributed by atoms with Gasteiger partial charge >= 0.3 is 17.9 Å². The molecule has 0 aromatic carbocycles. The fourth-order valence-corrected chi connectivity index (χ4v) is 1.41. The van der Waals surface area contributed by atoms with Crippen LogP contribution in [-0.4, -0.2) is 72.4 Å². The van der Waals surface area contributed by atoms with Crippen LogP contribution in [0.3, 0.4) is 0 Å². The van der Waals surface area contributed by atoms with E-state index in [2.05, 4.69) is 14.2 Å². The molecule has 10 heteroatoms. The van der Waals surface area contributed by atoms with Crippen LogP contribution in [0, 0.1) is 0 Å². The average Bonchev–Trinajstić information content (AvgIpc) is 2.62. The van der Waals surface area contributed by atoms with Crippen molar-refractivity contribution >= 4 is 52.6 Å². The minimum atomic E-state index is -0.422. The topological polar surface area (TPSA) is 130 Å². The number of hydrogen-bond donors (Lipinski definition) is 0. The Morgan fingerprint density at radius 3 is 0.806 bits per heavy atom. The van der Waals surface area contributed by atoms with Crippen molar-refractivity contribution in [2.45, 2.75) is 80.1 Å². The molecule has 0 aliphatic carbocycles. The summed E-state index contributed by atoms with van der Waals surface area (Å²) in [5, 5.41) is 0. The maximum atomic E-state index is 10.6. The second kappa shape index (κ2) is 26.0. The molecule has 0 N–H and O–H groups in total. The smallest absolute Gasteiger partial charge is 0.313 e. The second-order valence-corrected chi connectivity index (χ2v) is 6.30. The van der Waals surface area contributed by atoms with Crippen LogP contribution in [0.15, 0.2) is 0 Å². The third-order valence-electron chi connectivity index (χ3n) is 2.58. The molecule has 0 aromatic heterocycles. The minimum Gasteiger partial charge on any atom is -0.465 e. The first-order valence-corrected chi connectivity index (χ1v) is 9.95. The summed E-state index contributed by atoms with van der Waals surface area (Å²) in [6, 6.07) is 0. The molecule has 0 amide bonds. The Morgan fingerprint density at radius 1 is 0.484 bits per heavy atom. The SMILES string of the molecule is CCCOC(=O)CC(C)=O.CCCOC(=O)CC(C)=O.CCCOC(=O)CC(C)=O.[Al]. The molecule has 0 saturated heterocycles. The standard InChI is InChI=1S/3C7H12O3.Al/c3*1-3-4-10-7(9)5-6(2)8;/h3*3-5H2,1-2H3;. The van der Waals surface area contributed by atoms with Crippen LogP contribution in [0.25, 0.3) is 0 Å². The lowest BCUT2D eigenvalue weighted by atomic mass is 10.3. The molecule has 0 bridgehead atoms. The molecule has 0 spiro atoms. The Balaban J connectivity index is -0.000000174. The van der Waals surface area contributed by atoms with Gasteiger partial charge in [0, 0.05) is 17.4 Å². The van der Waals surface area contributed by atoms with Gasteiger partial charge in [0.1, 0.15) is 36.6 Å². The number of rotatable bonds is 12. The minimum absolute atomic E-state index is 0. The van der Waals surface area contributed by atoms with E-state index < -0.39 is 17.9 Å². The lowest BCUT2D eigenvalue weighted by Gasteiger charge is -1.98. The quantitative estimate of drug-likeness (QED) is 0.187. The van der Waals surface area contributed by atoms with Crippen molar-refractivity contribution in [1.82, 2.24) is 0 Å². The van der Waals surface area contributed by atoms with Crippen LogP contribution in [0.4, 0.5) is 0 Å². The molecule has 0 aliphatic heterocycles. The third kappa shape index (κ3) is 39.1. The number of esters is 3. The lowest BCUT2D eigenvalue weighted by molar-refractivity contribution is -0.147. The molecule has 0 aliphatic rings. The molecule has 177 valence electrons. The van der Waals surface area contributed by atoms with Gasteiger partial charge in [0.2, 0.25) is 0 Å². The Bertz CT molecular complexity index is 469. The van der Waals surface area contributed by atoms with Crippen LogP contribution < -0.4 is 0 Å². The highest BCUT2D eigenvalue weighted by molar-refractivity contribution is 5.94. The maximum absolute atomic E-state index is 10.6. The van der Waals surface area contributed by atoms with Gasteiger partial charge in [-0.05, 0) is 40.0 Å². The van der Waals surface area contributed by atoms with E-state index in [-0.39, 0.29) is 54.0 Å². The summed E-state index contributed by atoms with van der Waals surface area (Å²) in [5.74, 6) is -1.72. The van der Waals surface area contributed by atoms with Crippen LogP contribution in [0.2, 0.25) is 0 Å².